The highest BCUT2D eigenvalue weighted by Crippen LogP contribution is 2.22. The first-order valence-electron chi connectivity index (χ1n) is 8.93. The summed E-state index contributed by atoms with van der Waals surface area (Å²) >= 11 is 0. The lowest BCUT2D eigenvalue weighted by Gasteiger charge is -2.03. The highest BCUT2D eigenvalue weighted by Gasteiger charge is 2.12. The number of nitrogens with zero attached hydrogens (tertiary/aromatic N) is 2. The molecule has 3 aromatic rings. The number of aryl methyl sites for hydroxylation is 2. The minimum atomic E-state index is -0.852. The molecule has 0 aliphatic heterocycles. The zero-order chi connectivity index (χ0) is 20.1. The molecule has 0 amide bonds. The lowest BCUT2D eigenvalue weighted by Crippen LogP contribution is -2.01. The van der Waals surface area contributed by atoms with Gasteiger partial charge in [-0.25, -0.2) is 4.98 Å². The summed E-state index contributed by atoms with van der Waals surface area (Å²) in [6.45, 7) is 5.92. The average molecular weight is 378 g/mol. The van der Waals surface area contributed by atoms with Crippen LogP contribution in [0.4, 0.5) is 0 Å². The first kappa shape index (κ1) is 19.4. The highest BCUT2D eigenvalue weighted by molar-refractivity contribution is 5.98. The number of carbonyl (C=O) groups is 1. The lowest BCUT2D eigenvalue weighted by atomic mass is 10.1. The van der Waals surface area contributed by atoms with Gasteiger partial charge in [-0.1, -0.05) is 47.1 Å². The van der Waals surface area contributed by atoms with Crippen LogP contribution in [-0.2, 0) is 22.7 Å². The Morgan fingerprint density at radius 1 is 1.11 bits per heavy atom. The molecule has 0 fully saturated rings. The molecule has 0 saturated carbocycles. The van der Waals surface area contributed by atoms with Gasteiger partial charge in [0.2, 0.25) is 5.89 Å². The van der Waals surface area contributed by atoms with Crippen LogP contribution in [0, 0.1) is 13.8 Å². The van der Waals surface area contributed by atoms with Crippen LogP contribution in [0.5, 0.6) is 0 Å². The van der Waals surface area contributed by atoms with Crippen molar-refractivity contribution in [1.29, 1.82) is 0 Å². The maximum absolute atomic E-state index is 10.7. The van der Waals surface area contributed by atoms with Crippen molar-refractivity contribution in [3.8, 4) is 11.5 Å². The molecule has 6 nitrogen and oxygen atoms in total. The van der Waals surface area contributed by atoms with Crippen molar-refractivity contribution in [1.82, 2.24) is 4.98 Å². The third-order valence-corrected chi connectivity index (χ3v) is 4.32. The summed E-state index contributed by atoms with van der Waals surface area (Å²) in [4.78, 5) is 20.7. The van der Waals surface area contributed by atoms with Gasteiger partial charge in [0.25, 0.3) is 0 Å². The summed E-state index contributed by atoms with van der Waals surface area (Å²) in [6, 6.07) is 15.2. The molecule has 3 rings (SSSR count). The van der Waals surface area contributed by atoms with Gasteiger partial charge in [0.05, 0.1) is 12.1 Å². The van der Waals surface area contributed by atoms with Crippen LogP contribution >= 0.6 is 0 Å². The quantitative estimate of drug-likeness (QED) is 0.482. The van der Waals surface area contributed by atoms with Crippen molar-refractivity contribution in [3.63, 3.8) is 0 Å². The SMILES string of the molecule is C/C(=N/OCc1nc(-c2ccc(C)cc2)oc1C)c1ccc(CC(=O)O)cc1. The zero-order valence-corrected chi connectivity index (χ0v) is 16.1. The molecule has 28 heavy (non-hydrogen) atoms. The number of benzene rings is 2. The van der Waals surface area contributed by atoms with E-state index in [0.29, 0.717) is 23.1 Å². The molecule has 1 N–H and O–H groups in total. The molecule has 1 heterocycles. The lowest BCUT2D eigenvalue weighted by molar-refractivity contribution is -0.136. The second kappa shape index (κ2) is 8.52. The fourth-order valence-electron chi connectivity index (χ4n) is 2.66. The van der Waals surface area contributed by atoms with Gasteiger partial charge >= 0.3 is 5.97 Å². The summed E-state index contributed by atoms with van der Waals surface area (Å²) in [6.07, 6.45) is 0.00171. The largest absolute Gasteiger partial charge is 0.481 e. The van der Waals surface area contributed by atoms with Crippen LogP contribution in [0.3, 0.4) is 0 Å². The smallest absolute Gasteiger partial charge is 0.307 e. The highest BCUT2D eigenvalue weighted by atomic mass is 16.6. The number of carboxylic acid groups (broad SMARTS) is 1. The van der Waals surface area contributed by atoms with Crippen LogP contribution in [0.15, 0.2) is 58.1 Å². The molecule has 1 aromatic heterocycles. The topological polar surface area (TPSA) is 84.9 Å². The minimum Gasteiger partial charge on any atom is -0.481 e. The number of carboxylic acids is 1. The summed E-state index contributed by atoms with van der Waals surface area (Å²) in [7, 11) is 0. The summed E-state index contributed by atoms with van der Waals surface area (Å²) in [5.41, 5.74) is 5.10. The van der Waals surface area contributed by atoms with Gasteiger partial charge in [-0.05, 0) is 44.0 Å². The molecule has 2 aromatic carbocycles. The number of hydrogen-bond donors (Lipinski definition) is 1. The van der Waals surface area contributed by atoms with Crippen molar-refractivity contribution >= 4 is 11.7 Å². The monoisotopic (exact) mass is 378 g/mol. The van der Waals surface area contributed by atoms with E-state index >= 15 is 0 Å². The normalized spacial score (nSPS) is 11.5. The van der Waals surface area contributed by atoms with Gasteiger partial charge < -0.3 is 14.4 Å². The fraction of sp³-hybridized carbons (Fsp3) is 0.227. The maximum atomic E-state index is 10.7. The fourth-order valence-corrected chi connectivity index (χ4v) is 2.66. The third kappa shape index (κ3) is 4.85. The van der Waals surface area contributed by atoms with Crippen LogP contribution in [0.2, 0.25) is 0 Å². The molecule has 0 saturated heterocycles. The number of oxime groups is 1. The van der Waals surface area contributed by atoms with Gasteiger partial charge in [0.15, 0.2) is 6.61 Å². The summed E-state index contributed by atoms with van der Waals surface area (Å²) in [5, 5.41) is 13.0. The Hall–Kier alpha value is -3.41. The van der Waals surface area contributed by atoms with E-state index in [1.54, 1.807) is 12.1 Å². The molecule has 0 unspecified atom stereocenters. The Morgan fingerprint density at radius 3 is 2.43 bits per heavy atom. The van der Waals surface area contributed by atoms with Crippen molar-refractivity contribution in [3.05, 3.63) is 76.7 Å². The second-order valence-corrected chi connectivity index (χ2v) is 6.61. The van der Waals surface area contributed by atoms with Crippen molar-refractivity contribution in [2.75, 3.05) is 0 Å². The number of aliphatic carboxylic acids is 1. The summed E-state index contributed by atoms with van der Waals surface area (Å²) in [5.74, 6) is 0.404. The van der Waals surface area contributed by atoms with Gasteiger partial charge in [0.1, 0.15) is 11.5 Å². The van der Waals surface area contributed by atoms with Gasteiger partial charge in [-0.2, -0.15) is 0 Å². The third-order valence-electron chi connectivity index (χ3n) is 4.32. The van der Waals surface area contributed by atoms with E-state index in [2.05, 4.69) is 10.1 Å². The first-order valence-corrected chi connectivity index (χ1v) is 8.93. The number of rotatable bonds is 7. The predicted molar refractivity (Wildman–Crippen MR) is 106 cm³/mol. The molecule has 0 radical (unpaired) electrons. The van der Waals surface area contributed by atoms with Crippen LogP contribution < -0.4 is 0 Å². The number of oxazole rings is 1. The number of hydrogen-bond acceptors (Lipinski definition) is 5. The maximum Gasteiger partial charge on any atom is 0.307 e. The Labute approximate surface area is 163 Å². The first-order chi connectivity index (χ1) is 13.4. The van der Waals surface area contributed by atoms with Crippen LogP contribution in [0.1, 0.15) is 35.1 Å². The van der Waals surface area contributed by atoms with E-state index in [1.165, 1.54) is 5.56 Å². The molecular formula is C22H22N2O4. The van der Waals surface area contributed by atoms with E-state index in [9.17, 15) is 4.79 Å². The molecule has 6 heteroatoms. The molecular weight excluding hydrogens is 356 g/mol. The van der Waals surface area contributed by atoms with Gasteiger partial charge in [-0.15, -0.1) is 0 Å². The molecule has 0 spiro atoms. The standard InChI is InChI=1S/C22H22N2O4/c1-14-4-8-19(9-5-14)22-23-20(16(3)28-22)13-27-24-15(2)18-10-6-17(7-11-18)12-21(25)26/h4-11H,12-13H2,1-3H3,(H,25,26)/b24-15-. The Morgan fingerprint density at radius 2 is 1.79 bits per heavy atom. The van der Waals surface area contributed by atoms with Crippen molar-refractivity contribution < 1.29 is 19.2 Å². The molecule has 0 aliphatic rings. The minimum absolute atomic E-state index is 0.00171. The zero-order valence-electron chi connectivity index (χ0n) is 16.1. The van der Waals surface area contributed by atoms with E-state index < -0.39 is 5.97 Å². The van der Waals surface area contributed by atoms with E-state index in [0.717, 1.165) is 16.7 Å². The molecule has 0 bridgehead atoms. The second-order valence-electron chi connectivity index (χ2n) is 6.61. The van der Waals surface area contributed by atoms with E-state index in [-0.39, 0.29) is 13.0 Å². The molecule has 0 atom stereocenters. The predicted octanol–water partition coefficient (Wildman–Crippen LogP) is 4.53. The van der Waals surface area contributed by atoms with Crippen LogP contribution in [-0.4, -0.2) is 21.8 Å². The Kier molecular flexibility index (Phi) is 5.89. The van der Waals surface area contributed by atoms with E-state index in [4.69, 9.17) is 14.4 Å². The number of aromatic nitrogens is 1. The van der Waals surface area contributed by atoms with Gasteiger partial charge in [0, 0.05) is 5.56 Å². The Balaban J connectivity index is 1.63. The van der Waals surface area contributed by atoms with Crippen molar-refractivity contribution in [2.45, 2.75) is 33.8 Å². The summed E-state index contributed by atoms with van der Waals surface area (Å²) < 4.78 is 5.74. The van der Waals surface area contributed by atoms with Gasteiger partial charge in [-0.3, -0.25) is 4.79 Å². The average Bonchev–Trinajstić information content (AvgIpc) is 3.03. The van der Waals surface area contributed by atoms with E-state index in [1.807, 2.05) is 57.2 Å². The van der Waals surface area contributed by atoms with Crippen LogP contribution in [0.25, 0.3) is 11.5 Å². The Bertz CT molecular complexity index is 986. The molecule has 0 aliphatic carbocycles. The van der Waals surface area contributed by atoms with Crippen molar-refractivity contribution in [2.24, 2.45) is 5.16 Å². The molecule has 144 valence electrons.